The highest BCUT2D eigenvalue weighted by Crippen LogP contribution is 2.32. The molecule has 0 spiro atoms. The largest absolute Gasteiger partial charge is 0.496 e. The van der Waals surface area contributed by atoms with Crippen LogP contribution in [0.5, 0.6) is 5.75 Å². The molecule has 0 saturated carbocycles. The van der Waals surface area contributed by atoms with Gasteiger partial charge in [0.15, 0.2) is 12.2 Å². The van der Waals surface area contributed by atoms with Crippen LogP contribution in [0.25, 0.3) is 11.3 Å². The Hall–Kier alpha value is -2.79. The normalized spacial score (nSPS) is 10.4. The summed E-state index contributed by atoms with van der Waals surface area (Å²) in [6, 6.07) is 12.6. The first-order valence-corrected chi connectivity index (χ1v) is 7.64. The summed E-state index contributed by atoms with van der Waals surface area (Å²) >= 11 is 5.93. The van der Waals surface area contributed by atoms with E-state index in [1.165, 1.54) is 6.39 Å². The lowest BCUT2D eigenvalue weighted by Crippen LogP contribution is -2.14. The van der Waals surface area contributed by atoms with Gasteiger partial charge >= 0.3 is 0 Å². The fourth-order valence-corrected chi connectivity index (χ4v) is 2.57. The topological polar surface area (TPSA) is 64.4 Å². The zero-order valence-electron chi connectivity index (χ0n) is 13.0. The number of benzene rings is 2. The fourth-order valence-electron chi connectivity index (χ4n) is 2.36. The highest BCUT2D eigenvalue weighted by molar-refractivity contribution is 6.30. The molecule has 0 bridgehead atoms. The van der Waals surface area contributed by atoms with E-state index in [1.54, 1.807) is 37.6 Å². The molecule has 2 aromatic carbocycles. The van der Waals surface area contributed by atoms with Crippen molar-refractivity contribution in [3.05, 3.63) is 65.6 Å². The molecule has 0 saturated heterocycles. The molecule has 1 N–H and O–H groups in total. The number of amides is 1. The molecule has 1 heterocycles. The number of rotatable bonds is 5. The van der Waals surface area contributed by atoms with Crippen molar-refractivity contribution in [2.75, 3.05) is 12.4 Å². The first kappa shape index (κ1) is 16.1. The van der Waals surface area contributed by atoms with Gasteiger partial charge in [0, 0.05) is 16.8 Å². The van der Waals surface area contributed by atoms with Crippen LogP contribution in [0.1, 0.15) is 5.56 Å². The number of carbonyl (C=O) groups excluding carboxylic acids is 1. The van der Waals surface area contributed by atoms with Crippen molar-refractivity contribution in [3.8, 4) is 17.1 Å². The van der Waals surface area contributed by atoms with Crippen LogP contribution >= 0.6 is 11.6 Å². The Bertz CT molecular complexity index is 847. The minimum Gasteiger partial charge on any atom is -0.496 e. The van der Waals surface area contributed by atoms with Crippen LogP contribution in [0.4, 0.5) is 5.69 Å². The molecule has 5 nitrogen and oxygen atoms in total. The van der Waals surface area contributed by atoms with Gasteiger partial charge in [-0.25, -0.2) is 4.98 Å². The Kier molecular flexibility index (Phi) is 4.82. The molecule has 0 aliphatic rings. The molecule has 1 amide bonds. The molecule has 0 atom stereocenters. The molecular formula is C18H15ClN2O3. The number of aromatic nitrogens is 1. The second-order valence-electron chi connectivity index (χ2n) is 5.14. The van der Waals surface area contributed by atoms with Crippen molar-refractivity contribution in [2.45, 2.75) is 6.42 Å². The summed E-state index contributed by atoms with van der Waals surface area (Å²) in [5.74, 6) is 1.06. The van der Waals surface area contributed by atoms with Gasteiger partial charge in [-0.3, -0.25) is 4.79 Å². The third-order valence-corrected chi connectivity index (χ3v) is 3.67. The lowest BCUT2D eigenvalue weighted by molar-refractivity contribution is -0.115. The summed E-state index contributed by atoms with van der Waals surface area (Å²) < 4.78 is 10.7. The molecule has 24 heavy (non-hydrogen) atoms. The number of methoxy groups -OCH3 is 1. The fraction of sp³-hybridized carbons (Fsp3) is 0.111. The van der Waals surface area contributed by atoms with E-state index in [4.69, 9.17) is 20.8 Å². The molecule has 3 rings (SSSR count). The molecule has 1 aromatic heterocycles. The molecule has 6 heteroatoms. The van der Waals surface area contributed by atoms with Crippen molar-refractivity contribution in [3.63, 3.8) is 0 Å². The van der Waals surface area contributed by atoms with Gasteiger partial charge in [0.25, 0.3) is 0 Å². The molecule has 0 aliphatic heterocycles. The van der Waals surface area contributed by atoms with Crippen molar-refractivity contribution in [1.29, 1.82) is 0 Å². The number of halogens is 1. The summed E-state index contributed by atoms with van der Waals surface area (Å²) in [6.45, 7) is 0. The van der Waals surface area contributed by atoms with Gasteiger partial charge < -0.3 is 14.5 Å². The van der Waals surface area contributed by atoms with Gasteiger partial charge in [0.1, 0.15) is 5.75 Å². The maximum atomic E-state index is 12.2. The van der Waals surface area contributed by atoms with Crippen LogP contribution in [0, 0.1) is 0 Å². The maximum Gasteiger partial charge on any atom is 0.228 e. The Balaban J connectivity index is 1.74. The van der Waals surface area contributed by atoms with E-state index in [0.29, 0.717) is 22.2 Å². The minimum absolute atomic E-state index is 0.133. The Morgan fingerprint density at radius 1 is 1.29 bits per heavy atom. The van der Waals surface area contributed by atoms with Gasteiger partial charge in [-0.1, -0.05) is 23.7 Å². The van der Waals surface area contributed by atoms with Crippen molar-refractivity contribution < 1.29 is 13.9 Å². The second-order valence-corrected chi connectivity index (χ2v) is 5.57. The molecule has 0 radical (unpaired) electrons. The number of ether oxygens (including phenoxy) is 1. The van der Waals surface area contributed by atoms with E-state index in [1.807, 2.05) is 18.2 Å². The average molecular weight is 343 g/mol. The zero-order valence-corrected chi connectivity index (χ0v) is 13.7. The highest BCUT2D eigenvalue weighted by atomic mass is 35.5. The lowest BCUT2D eigenvalue weighted by atomic mass is 10.1. The summed E-state index contributed by atoms with van der Waals surface area (Å²) in [7, 11) is 1.56. The number of nitrogens with one attached hydrogen (secondary N) is 1. The predicted molar refractivity (Wildman–Crippen MR) is 92.3 cm³/mol. The first-order chi connectivity index (χ1) is 11.7. The van der Waals surface area contributed by atoms with Crippen LogP contribution < -0.4 is 10.1 Å². The number of nitrogens with zero attached hydrogens (tertiary/aromatic N) is 1. The molecular weight excluding hydrogens is 328 g/mol. The molecule has 122 valence electrons. The number of anilines is 1. The minimum atomic E-state index is -0.133. The lowest BCUT2D eigenvalue weighted by Gasteiger charge is -2.10. The standard InChI is InChI=1S/C18H15ClN2O3/c1-23-16-9-14(5-6-15(16)17-10-20-11-24-17)21-18(22)8-12-3-2-4-13(19)7-12/h2-7,9-11H,8H2,1H3,(H,21,22). The number of hydrogen-bond donors (Lipinski definition) is 1. The van der Waals surface area contributed by atoms with Crippen LogP contribution in [0.3, 0.4) is 0 Å². The average Bonchev–Trinajstić information content (AvgIpc) is 3.09. The Morgan fingerprint density at radius 3 is 2.88 bits per heavy atom. The van der Waals surface area contributed by atoms with Gasteiger partial charge in [-0.2, -0.15) is 0 Å². The molecule has 3 aromatic rings. The van der Waals surface area contributed by atoms with E-state index in [9.17, 15) is 4.79 Å². The maximum absolute atomic E-state index is 12.2. The summed E-state index contributed by atoms with van der Waals surface area (Å²) in [5.41, 5.74) is 2.26. The van der Waals surface area contributed by atoms with Crippen LogP contribution in [0.2, 0.25) is 5.02 Å². The number of hydrogen-bond acceptors (Lipinski definition) is 4. The van der Waals surface area contributed by atoms with Crippen molar-refractivity contribution >= 4 is 23.2 Å². The zero-order chi connectivity index (χ0) is 16.9. The van der Waals surface area contributed by atoms with Gasteiger partial charge in [0.2, 0.25) is 5.91 Å². The molecule has 0 aliphatic carbocycles. The van der Waals surface area contributed by atoms with Crippen LogP contribution in [-0.4, -0.2) is 18.0 Å². The summed E-state index contributed by atoms with van der Waals surface area (Å²) in [4.78, 5) is 16.1. The van der Waals surface area contributed by atoms with E-state index >= 15 is 0 Å². The first-order valence-electron chi connectivity index (χ1n) is 7.27. The van der Waals surface area contributed by atoms with E-state index in [0.717, 1.165) is 11.1 Å². The number of oxazole rings is 1. The second kappa shape index (κ2) is 7.19. The quantitative estimate of drug-likeness (QED) is 0.755. The summed E-state index contributed by atoms with van der Waals surface area (Å²) in [5, 5.41) is 3.46. The highest BCUT2D eigenvalue weighted by Gasteiger charge is 2.11. The predicted octanol–water partition coefficient (Wildman–Crippen LogP) is 4.18. The van der Waals surface area contributed by atoms with Gasteiger partial charge in [0.05, 0.1) is 25.3 Å². The third-order valence-electron chi connectivity index (χ3n) is 3.44. The van der Waals surface area contributed by atoms with E-state index in [-0.39, 0.29) is 12.3 Å². The van der Waals surface area contributed by atoms with E-state index < -0.39 is 0 Å². The van der Waals surface area contributed by atoms with Crippen LogP contribution in [0.15, 0.2) is 59.5 Å². The van der Waals surface area contributed by atoms with Crippen molar-refractivity contribution in [2.24, 2.45) is 0 Å². The third kappa shape index (κ3) is 3.75. The van der Waals surface area contributed by atoms with Crippen molar-refractivity contribution in [1.82, 2.24) is 4.98 Å². The van der Waals surface area contributed by atoms with Gasteiger partial charge in [-0.05, 0) is 29.8 Å². The van der Waals surface area contributed by atoms with E-state index in [2.05, 4.69) is 10.3 Å². The SMILES string of the molecule is COc1cc(NC(=O)Cc2cccc(Cl)c2)ccc1-c1cnco1. The Morgan fingerprint density at radius 2 is 2.17 bits per heavy atom. The summed E-state index contributed by atoms with van der Waals surface area (Å²) in [6.07, 6.45) is 3.21. The molecule has 0 unspecified atom stereocenters. The monoisotopic (exact) mass is 342 g/mol. The Labute approximate surface area is 144 Å². The number of carbonyl (C=O) groups is 1. The van der Waals surface area contributed by atoms with Gasteiger partial charge in [-0.15, -0.1) is 0 Å². The van der Waals surface area contributed by atoms with Crippen LogP contribution in [-0.2, 0) is 11.2 Å². The smallest absolute Gasteiger partial charge is 0.228 e. The molecule has 0 fully saturated rings.